The van der Waals surface area contributed by atoms with E-state index >= 15 is 0 Å². The van der Waals surface area contributed by atoms with E-state index in [2.05, 4.69) is 25.7 Å². The van der Waals surface area contributed by atoms with E-state index in [4.69, 9.17) is 0 Å². The van der Waals surface area contributed by atoms with Gasteiger partial charge in [-0.1, -0.05) is 6.07 Å². The van der Waals surface area contributed by atoms with Gasteiger partial charge in [0.15, 0.2) is 17.5 Å². The lowest BCUT2D eigenvalue weighted by atomic mass is 10.1. The number of phenolic OH excluding ortho intramolecular Hbond substituents is 1. The molecular formula is C16H22FIN6O. The number of aromatic hydroxyl groups is 1. The third-order valence-electron chi connectivity index (χ3n) is 3.99. The van der Waals surface area contributed by atoms with Gasteiger partial charge in [-0.25, -0.2) is 14.1 Å². The number of nitrogens with zero attached hydrogens (tertiary/aromatic N) is 4. The molecule has 0 bridgehead atoms. The van der Waals surface area contributed by atoms with Crippen LogP contribution in [0.25, 0.3) is 0 Å². The summed E-state index contributed by atoms with van der Waals surface area (Å²) in [6, 6.07) is 4.35. The van der Waals surface area contributed by atoms with Crippen LogP contribution in [-0.2, 0) is 13.1 Å². The number of halogens is 2. The van der Waals surface area contributed by atoms with Crippen molar-refractivity contribution in [2.45, 2.75) is 38.9 Å². The number of aliphatic imine (C=N–C) groups is 1. The Balaban J connectivity index is 0.00000225. The highest BCUT2D eigenvalue weighted by Crippen LogP contribution is 2.22. The summed E-state index contributed by atoms with van der Waals surface area (Å²) in [4.78, 5) is 8.70. The molecule has 1 aromatic carbocycles. The minimum absolute atomic E-state index is 0. The Bertz CT molecular complexity index is 763. The molecule has 1 aliphatic rings. The van der Waals surface area contributed by atoms with Gasteiger partial charge in [0.05, 0.1) is 6.04 Å². The first-order valence-corrected chi connectivity index (χ1v) is 7.92. The second-order valence-electron chi connectivity index (χ2n) is 5.79. The topological polar surface area (TPSA) is 87.4 Å². The van der Waals surface area contributed by atoms with Crippen molar-refractivity contribution in [3.63, 3.8) is 0 Å². The number of hydrogen-bond donors (Lipinski definition) is 3. The molecule has 2 aromatic rings. The molecule has 9 heteroatoms. The van der Waals surface area contributed by atoms with Gasteiger partial charge in [0.25, 0.3) is 0 Å². The molecule has 0 aliphatic carbocycles. The molecule has 1 atom stereocenters. The summed E-state index contributed by atoms with van der Waals surface area (Å²) in [5.41, 5.74) is 0.718. The Hall–Kier alpha value is -1.91. The first-order chi connectivity index (χ1) is 11.6. The lowest BCUT2D eigenvalue weighted by Gasteiger charge is -2.25. The number of hydrogen-bond acceptors (Lipinski definition) is 4. The maximum absolute atomic E-state index is 13.4. The summed E-state index contributed by atoms with van der Waals surface area (Å²) in [7, 11) is 1.69. The van der Waals surface area contributed by atoms with Gasteiger partial charge >= 0.3 is 0 Å². The molecule has 0 saturated heterocycles. The van der Waals surface area contributed by atoms with Crippen LogP contribution in [-0.4, -0.2) is 32.9 Å². The summed E-state index contributed by atoms with van der Waals surface area (Å²) in [5.74, 6) is 1.31. The molecule has 3 N–H and O–H groups in total. The van der Waals surface area contributed by atoms with Crippen LogP contribution < -0.4 is 10.6 Å². The molecule has 0 saturated carbocycles. The van der Waals surface area contributed by atoms with Gasteiger partial charge < -0.3 is 15.7 Å². The van der Waals surface area contributed by atoms with E-state index in [1.165, 1.54) is 12.1 Å². The molecule has 7 nitrogen and oxygen atoms in total. The quantitative estimate of drug-likeness (QED) is 0.372. The summed E-state index contributed by atoms with van der Waals surface area (Å²) < 4.78 is 15.3. The second-order valence-corrected chi connectivity index (χ2v) is 5.79. The number of aromatic nitrogens is 3. The maximum Gasteiger partial charge on any atom is 0.191 e. The number of benzene rings is 1. The number of guanidine groups is 1. The number of fused-ring (bicyclic) bond motifs is 1. The van der Waals surface area contributed by atoms with Gasteiger partial charge in [0.2, 0.25) is 0 Å². The predicted octanol–water partition coefficient (Wildman–Crippen LogP) is 2.25. The van der Waals surface area contributed by atoms with E-state index < -0.39 is 5.82 Å². The SMILES string of the molecule is CN=C(NCc1ccc(O)c(F)c1)NC1CCCn2nc(C)nc21.I. The van der Waals surface area contributed by atoms with E-state index in [9.17, 15) is 9.50 Å². The zero-order valence-electron chi connectivity index (χ0n) is 14.2. The molecule has 136 valence electrons. The largest absolute Gasteiger partial charge is 0.505 e. The predicted molar refractivity (Wildman–Crippen MR) is 104 cm³/mol. The van der Waals surface area contributed by atoms with Crippen molar-refractivity contribution < 1.29 is 9.50 Å². The standard InChI is InChI=1S/C16H21FN6O.HI/c1-10-20-15-13(4-3-7-23(15)22-10)21-16(18-2)19-9-11-5-6-14(24)12(17)8-11;/h5-6,8,13,24H,3-4,7,9H2,1-2H3,(H2,18,19,21);1H. The third kappa shape index (κ3) is 4.59. The highest BCUT2D eigenvalue weighted by molar-refractivity contribution is 14.0. The van der Waals surface area contributed by atoms with Crippen LogP contribution in [0.5, 0.6) is 5.75 Å². The monoisotopic (exact) mass is 460 g/mol. The fourth-order valence-corrected chi connectivity index (χ4v) is 2.81. The molecule has 1 aliphatic heterocycles. The van der Waals surface area contributed by atoms with Gasteiger partial charge in [-0.2, -0.15) is 5.10 Å². The van der Waals surface area contributed by atoms with E-state index in [0.717, 1.165) is 36.6 Å². The minimum atomic E-state index is -0.631. The molecule has 0 fully saturated rings. The van der Waals surface area contributed by atoms with Crippen molar-refractivity contribution in [1.29, 1.82) is 0 Å². The number of nitrogens with one attached hydrogen (secondary N) is 2. The van der Waals surface area contributed by atoms with Crippen LogP contribution in [0.2, 0.25) is 0 Å². The van der Waals surface area contributed by atoms with Gasteiger partial charge in [-0.05, 0) is 37.5 Å². The molecular weight excluding hydrogens is 438 g/mol. The van der Waals surface area contributed by atoms with Crippen molar-refractivity contribution >= 4 is 29.9 Å². The van der Waals surface area contributed by atoms with Crippen molar-refractivity contribution in [3.05, 3.63) is 41.2 Å². The lowest BCUT2D eigenvalue weighted by Crippen LogP contribution is -2.41. The molecule has 0 spiro atoms. The van der Waals surface area contributed by atoms with Gasteiger partial charge in [0.1, 0.15) is 11.6 Å². The summed E-state index contributed by atoms with van der Waals surface area (Å²) >= 11 is 0. The molecule has 1 unspecified atom stereocenters. The zero-order valence-corrected chi connectivity index (χ0v) is 16.5. The Morgan fingerprint density at radius 3 is 3.00 bits per heavy atom. The number of aryl methyl sites for hydroxylation is 2. The Labute approximate surface area is 162 Å². The number of rotatable bonds is 3. The Morgan fingerprint density at radius 2 is 2.28 bits per heavy atom. The molecule has 3 rings (SSSR count). The van der Waals surface area contributed by atoms with Crippen molar-refractivity contribution in [3.8, 4) is 5.75 Å². The van der Waals surface area contributed by atoms with Crippen LogP contribution >= 0.6 is 24.0 Å². The second kappa shape index (κ2) is 8.45. The van der Waals surface area contributed by atoms with Gasteiger partial charge in [0, 0.05) is 20.1 Å². The molecule has 1 aromatic heterocycles. The van der Waals surface area contributed by atoms with Crippen molar-refractivity contribution in [2.75, 3.05) is 7.05 Å². The highest BCUT2D eigenvalue weighted by Gasteiger charge is 2.24. The lowest BCUT2D eigenvalue weighted by molar-refractivity contribution is 0.397. The summed E-state index contributed by atoms with van der Waals surface area (Å²) in [5, 5.41) is 20.1. The normalized spacial score (nSPS) is 16.8. The van der Waals surface area contributed by atoms with Crippen molar-refractivity contribution in [2.24, 2.45) is 4.99 Å². The van der Waals surface area contributed by atoms with E-state index in [1.54, 1.807) is 13.1 Å². The molecule has 0 amide bonds. The van der Waals surface area contributed by atoms with Gasteiger partial charge in [-0.3, -0.25) is 4.99 Å². The highest BCUT2D eigenvalue weighted by atomic mass is 127. The first-order valence-electron chi connectivity index (χ1n) is 7.92. The smallest absolute Gasteiger partial charge is 0.191 e. The fraction of sp³-hybridized carbons (Fsp3) is 0.438. The summed E-state index contributed by atoms with van der Waals surface area (Å²) in [6.07, 6.45) is 1.97. The zero-order chi connectivity index (χ0) is 17.1. The van der Waals surface area contributed by atoms with Crippen LogP contribution in [0.1, 0.15) is 36.1 Å². The Kier molecular flexibility index (Phi) is 6.57. The molecule has 25 heavy (non-hydrogen) atoms. The molecule has 0 radical (unpaired) electrons. The van der Waals surface area contributed by atoms with Gasteiger partial charge in [-0.15, -0.1) is 24.0 Å². The van der Waals surface area contributed by atoms with Crippen LogP contribution in [0, 0.1) is 12.7 Å². The van der Waals surface area contributed by atoms with Crippen molar-refractivity contribution in [1.82, 2.24) is 25.4 Å². The molecule has 2 heterocycles. The average molecular weight is 460 g/mol. The maximum atomic E-state index is 13.4. The van der Waals surface area contributed by atoms with Crippen LogP contribution in [0.4, 0.5) is 4.39 Å². The van der Waals surface area contributed by atoms with E-state index in [-0.39, 0.29) is 35.8 Å². The van der Waals surface area contributed by atoms with Crippen LogP contribution in [0.3, 0.4) is 0 Å². The Morgan fingerprint density at radius 1 is 1.48 bits per heavy atom. The van der Waals surface area contributed by atoms with Crippen LogP contribution in [0.15, 0.2) is 23.2 Å². The average Bonchev–Trinajstić information content (AvgIpc) is 2.95. The van der Waals surface area contributed by atoms with E-state index in [0.29, 0.717) is 12.5 Å². The van der Waals surface area contributed by atoms with E-state index in [1.807, 2.05) is 11.6 Å². The summed E-state index contributed by atoms with van der Waals surface area (Å²) in [6.45, 7) is 3.16. The third-order valence-corrected chi connectivity index (χ3v) is 3.99. The fourth-order valence-electron chi connectivity index (χ4n) is 2.81. The minimum Gasteiger partial charge on any atom is -0.505 e. The number of phenols is 1. The first kappa shape index (κ1) is 19.4.